The molecule has 32 heavy (non-hydrogen) atoms. The van der Waals surface area contributed by atoms with Crippen molar-refractivity contribution in [1.29, 1.82) is 0 Å². The van der Waals surface area contributed by atoms with Gasteiger partial charge >= 0.3 is 29.6 Å². The zero-order valence-electron chi connectivity index (χ0n) is 21.0. The maximum atomic E-state index is 11.6. The number of carbonyl (C=O) groups excluding carboxylic acids is 1. The molecule has 0 radical (unpaired) electrons. The van der Waals surface area contributed by atoms with E-state index in [1.165, 1.54) is 103 Å². The molecule has 0 saturated carbocycles. The number of unbranched alkanes of at least 4 members (excludes halogenated alkanes) is 18. The van der Waals surface area contributed by atoms with E-state index in [2.05, 4.69) is 11.6 Å². The number of aliphatic carboxylic acids is 1. The molecule has 0 heterocycles. The van der Waals surface area contributed by atoms with Crippen molar-refractivity contribution in [3.05, 3.63) is 11.5 Å². The van der Waals surface area contributed by atoms with E-state index in [4.69, 9.17) is 0 Å². The van der Waals surface area contributed by atoms with E-state index in [1.54, 1.807) is 6.08 Å². The zero-order chi connectivity index (χ0) is 23.0. The van der Waals surface area contributed by atoms with Gasteiger partial charge in [0.2, 0.25) is 10.0 Å². The summed E-state index contributed by atoms with van der Waals surface area (Å²) >= 11 is 0. The number of carbonyl (C=O) groups is 1. The fourth-order valence-corrected chi connectivity index (χ4v) is 4.57. The van der Waals surface area contributed by atoms with Crippen molar-refractivity contribution in [1.82, 2.24) is 4.72 Å². The van der Waals surface area contributed by atoms with E-state index >= 15 is 0 Å². The molecule has 0 saturated heterocycles. The van der Waals surface area contributed by atoms with Gasteiger partial charge in [0.05, 0.1) is 0 Å². The number of carboxylic acid groups (broad SMARTS) is 1. The molecule has 0 aromatic heterocycles. The Balaban J connectivity index is 0. The Morgan fingerprint density at radius 1 is 0.719 bits per heavy atom. The van der Waals surface area contributed by atoms with Gasteiger partial charge in [0.1, 0.15) is 0 Å². The number of allylic oxidation sites excluding steroid dienone is 1. The van der Waals surface area contributed by atoms with Crippen molar-refractivity contribution >= 4 is 16.0 Å². The summed E-state index contributed by atoms with van der Waals surface area (Å²) in [5, 5.41) is 11.4. The first kappa shape index (κ1) is 34.3. The smallest absolute Gasteiger partial charge is 0.550 e. The van der Waals surface area contributed by atoms with Crippen LogP contribution >= 0.6 is 0 Å². The van der Waals surface area contributed by atoms with Crippen molar-refractivity contribution in [2.24, 2.45) is 0 Å². The number of carboxylic acids is 1. The number of sulfonamides is 1. The summed E-state index contributed by atoms with van der Waals surface area (Å²) in [7, 11) is -3.52. The van der Waals surface area contributed by atoms with Crippen LogP contribution in [-0.4, -0.2) is 20.9 Å². The molecular formula is C25H48NNaO4S. The molecule has 0 atom stereocenters. The number of hydrogen-bond donors (Lipinski definition) is 1. The quantitative estimate of drug-likeness (QED) is 0.170. The van der Waals surface area contributed by atoms with Crippen LogP contribution in [0.5, 0.6) is 0 Å². The molecule has 0 aliphatic rings. The third kappa shape index (κ3) is 28.2. The number of hydrogen-bond acceptors (Lipinski definition) is 4. The molecule has 0 amide bonds. The van der Waals surface area contributed by atoms with Gasteiger partial charge in [0.25, 0.3) is 0 Å². The Bertz CT molecular complexity index is 538. The summed E-state index contributed by atoms with van der Waals surface area (Å²) in [6, 6.07) is 0. The second-order valence-electron chi connectivity index (χ2n) is 8.73. The van der Waals surface area contributed by atoms with E-state index in [0.717, 1.165) is 24.7 Å². The Kier molecular flexibility index (Phi) is 27.6. The van der Waals surface area contributed by atoms with Crippen LogP contribution < -0.4 is 39.4 Å². The minimum Gasteiger partial charge on any atom is -0.550 e. The molecule has 184 valence electrons. The molecule has 0 rings (SSSR count). The maximum Gasteiger partial charge on any atom is 1.00 e. The zero-order valence-corrected chi connectivity index (χ0v) is 23.9. The van der Waals surface area contributed by atoms with Crippen molar-refractivity contribution in [3.63, 3.8) is 0 Å². The van der Waals surface area contributed by atoms with Crippen molar-refractivity contribution in [3.8, 4) is 0 Å². The van der Waals surface area contributed by atoms with Gasteiger partial charge in [-0.25, -0.2) is 13.1 Å². The minimum absolute atomic E-state index is 0. The normalized spacial score (nSPS) is 11.7. The Morgan fingerprint density at radius 2 is 1.09 bits per heavy atom. The van der Waals surface area contributed by atoms with Gasteiger partial charge in [-0.3, -0.25) is 0 Å². The van der Waals surface area contributed by atoms with E-state index in [9.17, 15) is 18.3 Å². The molecule has 1 N–H and O–H groups in total. The largest absolute Gasteiger partial charge is 1.00 e. The second-order valence-corrected chi connectivity index (χ2v) is 10.4. The molecule has 0 unspecified atom stereocenters. The van der Waals surface area contributed by atoms with Gasteiger partial charge in [0.15, 0.2) is 0 Å². The Hall–Kier alpha value is 0.120. The first-order chi connectivity index (χ1) is 15.0. The maximum absolute atomic E-state index is 11.6. The summed E-state index contributed by atoms with van der Waals surface area (Å²) in [6.07, 6.45) is 26.1. The van der Waals surface area contributed by atoms with Gasteiger partial charge in [-0.1, -0.05) is 122 Å². The first-order valence-electron chi connectivity index (χ1n) is 12.8. The van der Waals surface area contributed by atoms with Crippen molar-refractivity contribution in [2.75, 3.05) is 6.54 Å². The van der Waals surface area contributed by atoms with Gasteiger partial charge in [-0.2, -0.15) is 0 Å². The fourth-order valence-electron chi connectivity index (χ4n) is 3.70. The summed E-state index contributed by atoms with van der Waals surface area (Å²) in [5.74, 6) is -1.26. The molecule has 0 aliphatic heterocycles. The van der Waals surface area contributed by atoms with Crippen LogP contribution in [0.3, 0.4) is 0 Å². The monoisotopic (exact) mass is 481 g/mol. The molecule has 0 bridgehead atoms. The van der Waals surface area contributed by atoms with Crippen LogP contribution in [0.4, 0.5) is 0 Å². The average molecular weight is 482 g/mol. The Labute approximate surface area is 220 Å². The van der Waals surface area contributed by atoms with E-state index in [0.29, 0.717) is 0 Å². The van der Waals surface area contributed by atoms with Crippen LogP contribution in [-0.2, 0) is 14.8 Å². The number of rotatable bonds is 24. The summed E-state index contributed by atoms with van der Waals surface area (Å²) < 4.78 is 25.4. The fraction of sp³-hybridized carbons (Fsp3) is 0.880. The average Bonchev–Trinajstić information content (AvgIpc) is 2.72. The summed E-state index contributed by atoms with van der Waals surface area (Å²) in [6.45, 7) is 2.14. The molecule has 5 nitrogen and oxygen atoms in total. The van der Waals surface area contributed by atoms with E-state index in [-0.39, 0.29) is 42.5 Å². The van der Waals surface area contributed by atoms with Gasteiger partial charge in [-0.15, -0.1) is 0 Å². The molecule has 0 aromatic carbocycles. The van der Waals surface area contributed by atoms with Crippen LogP contribution in [0.25, 0.3) is 0 Å². The number of nitrogens with one attached hydrogen (secondary N) is 1. The molecule has 0 aromatic rings. The third-order valence-electron chi connectivity index (χ3n) is 5.63. The molecule has 0 aliphatic carbocycles. The predicted octanol–water partition coefficient (Wildman–Crippen LogP) is 3.00. The molecule has 0 fully saturated rings. The second kappa shape index (κ2) is 25.7. The van der Waals surface area contributed by atoms with Gasteiger partial charge in [0, 0.05) is 24.3 Å². The first-order valence-corrected chi connectivity index (χ1v) is 14.4. The summed E-state index contributed by atoms with van der Waals surface area (Å²) in [4.78, 5) is 10.3. The predicted molar refractivity (Wildman–Crippen MR) is 129 cm³/mol. The summed E-state index contributed by atoms with van der Waals surface area (Å²) in [5.41, 5.74) is 0. The molecule has 0 spiro atoms. The van der Waals surface area contributed by atoms with Gasteiger partial charge < -0.3 is 9.90 Å². The van der Waals surface area contributed by atoms with Crippen molar-refractivity contribution < 1.29 is 47.9 Å². The van der Waals surface area contributed by atoms with Crippen LogP contribution in [0, 0.1) is 0 Å². The molecule has 7 heteroatoms. The SMILES string of the molecule is CCCCCCCCCCCCCCCCCCCC/C=C/S(=O)(=O)NCCC(=O)[O-].[Na+]. The minimum atomic E-state index is -3.52. The van der Waals surface area contributed by atoms with E-state index in [1.807, 2.05) is 0 Å². The third-order valence-corrected chi connectivity index (χ3v) is 6.79. The van der Waals surface area contributed by atoms with Crippen LogP contribution in [0.15, 0.2) is 11.5 Å². The standard InChI is InChI=1S/C25H49NO4S.Na/c1-2-3-4-5-6-7-8-9-10-11-12-13-14-15-16-17-18-19-20-21-24-31(29,30)26-23-22-25(27)28;/h21,24,26H,2-20,22-23H2,1H3,(H,27,28);/q;+1/p-1/b24-21+;. The van der Waals surface area contributed by atoms with Gasteiger partial charge in [-0.05, 0) is 12.8 Å². The van der Waals surface area contributed by atoms with Crippen LogP contribution in [0.2, 0.25) is 0 Å². The van der Waals surface area contributed by atoms with Crippen molar-refractivity contribution in [2.45, 2.75) is 135 Å². The van der Waals surface area contributed by atoms with Crippen LogP contribution in [0.1, 0.15) is 135 Å². The molecular weight excluding hydrogens is 433 g/mol. The topological polar surface area (TPSA) is 86.3 Å². The Morgan fingerprint density at radius 3 is 1.47 bits per heavy atom. The van der Waals surface area contributed by atoms with E-state index < -0.39 is 16.0 Å².